The summed E-state index contributed by atoms with van der Waals surface area (Å²) in [6.45, 7) is 3.76. The van der Waals surface area contributed by atoms with Crippen molar-refractivity contribution >= 4 is 21.4 Å². The van der Waals surface area contributed by atoms with Crippen molar-refractivity contribution < 1.29 is 8.42 Å². The van der Waals surface area contributed by atoms with Crippen LogP contribution in [-0.4, -0.2) is 39.2 Å². The first-order valence-corrected chi connectivity index (χ1v) is 8.00. The topological polar surface area (TPSA) is 49.4 Å². The average molecular weight is 276 g/mol. The van der Waals surface area contributed by atoms with Crippen molar-refractivity contribution in [1.29, 1.82) is 0 Å². The van der Waals surface area contributed by atoms with Crippen molar-refractivity contribution in [2.75, 3.05) is 20.6 Å². The number of hydrogen-bond donors (Lipinski definition) is 1. The van der Waals surface area contributed by atoms with Gasteiger partial charge in [0, 0.05) is 12.6 Å². The van der Waals surface area contributed by atoms with Crippen molar-refractivity contribution in [3.8, 4) is 0 Å². The maximum Gasteiger partial charge on any atom is 0.213 e. The fourth-order valence-electron chi connectivity index (χ4n) is 1.42. The highest BCUT2D eigenvalue weighted by atomic mass is 32.2. The molecule has 0 aromatic carbocycles. The van der Waals surface area contributed by atoms with Crippen molar-refractivity contribution in [1.82, 2.24) is 9.62 Å². The first-order chi connectivity index (χ1) is 7.84. The Kier molecular flexibility index (Phi) is 5.12. The molecule has 17 heavy (non-hydrogen) atoms. The van der Waals surface area contributed by atoms with E-state index in [4.69, 9.17) is 0 Å². The van der Waals surface area contributed by atoms with E-state index in [1.54, 1.807) is 25.2 Å². The van der Waals surface area contributed by atoms with E-state index in [1.807, 2.05) is 35.8 Å². The molecule has 0 fully saturated rings. The Morgan fingerprint density at radius 3 is 2.47 bits per heavy atom. The van der Waals surface area contributed by atoms with Gasteiger partial charge in [-0.3, -0.25) is 0 Å². The van der Waals surface area contributed by atoms with Crippen LogP contribution in [0, 0.1) is 0 Å². The summed E-state index contributed by atoms with van der Waals surface area (Å²) < 4.78 is 26.1. The molecule has 98 valence electrons. The van der Waals surface area contributed by atoms with Crippen LogP contribution in [0.1, 0.15) is 25.5 Å². The third-order valence-corrected chi connectivity index (χ3v) is 5.16. The normalized spacial score (nSPS) is 14.5. The Morgan fingerprint density at radius 1 is 1.41 bits per heavy atom. The van der Waals surface area contributed by atoms with Gasteiger partial charge in [0.2, 0.25) is 10.0 Å². The largest absolute Gasteiger partial charge is 0.301 e. The zero-order valence-electron chi connectivity index (χ0n) is 10.7. The number of nitrogens with one attached hydrogen (secondary N) is 1. The van der Waals surface area contributed by atoms with Gasteiger partial charge in [0.15, 0.2) is 0 Å². The monoisotopic (exact) mass is 276 g/mol. The zero-order chi connectivity index (χ0) is 13.1. The van der Waals surface area contributed by atoms with Crippen LogP contribution in [-0.2, 0) is 10.0 Å². The number of likely N-dealkylation sites (N-methyl/N-ethyl adjacent to an activating group) is 1. The number of thiophene rings is 1. The van der Waals surface area contributed by atoms with E-state index >= 15 is 0 Å². The molecule has 0 saturated heterocycles. The predicted molar refractivity (Wildman–Crippen MR) is 72.8 cm³/mol. The highest BCUT2D eigenvalue weighted by molar-refractivity contribution is 7.90. The van der Waals surface area contributed by atoms with Crippen molar-refractivity contribution in [3.63, 3.8) is 0 Å². The van der Waals surface area contributed by atoms with Crippen LogP contribution in [0.15, 0.2) is 16.8 Å². The Balaban J connectivity index is 2.71. The van der Waals surface area contributed by atoms with E-state index in [1.165, 1.54) is 0 Å². The van der Waals surface area contributed by atoms with Gasteiger partial charge < -0.3 is 4.90 Å². The molecule has 0 spiro atoms. The summed E-state index contributed by atoms with van der Waals surface area (Å²) in [5, 5.41) is 3.66. The smallest absolute Gasteiger partial charge is 0.213 e. The highest BCUT2D eigenvalue weighted by Crippen LogP contribution is 2.20. The maximum atomic E-state index is 11.7. The van der Waals surface area contributed by atoms with Gasteiger partial charge in [-0.15, -0.1) is 0 Å². The van der Waals surface area contributed by atoms with E-state index in [-0.39, 0.29) is 6.04 Å². The maximum absolute atomic E-state index is 11.7. The molecular formula is C11H20N2O2S2. The second kappa shape index (κ2) is 5.95. The fraction of sp³-hybridized carbons (Fsp3) is 0.636. The van der Waals surface area contributed by atoms with Gasteiger partial charge in [-0.25, -0.2) is 13.1 Å². The third-order valence-electron chi connectivity index (χ3n) is 2.65. The van der Waals surface area contributed by atoms with Crippen molar-refractivity contribution in [2.45, 2.75) is 25.1 Å². The number of nitrogens with zero attached hydrogens (tertiary/aromatic N) is 1. The molecule has 6 heteroatoms. The third kappa shape index (κ3) is 4.06. The van der Waals surface area contributed by atoms with Crippen LogP contribution in [0.25, 0.3) is 0 Å². The van der Waals surface area contributed by atoms with E-state index < -0.39 is 15.3 Å². The van der Waals surface area contributed by atoms with E-state index in [9.17, 15) is 8.42 Å². The first kappa shape index (κ1) is 14.6. The van der Waals surface area contributed by atoms with E-state index in [2.05, 4.69) is 4.72 Å². The Morgan fingerprint density at radius 2 is 2.06 bits per heavy atom. The molecule has 0 bridgehead atoms. The minimum Gasteiger partial charge on any atom is -0.301 e. The summed E-state index contributed by atoms with van der Waals surface area (Å²) in [6.07, 6.45) is 0. The van der Waals surface area contributed by atoms with Crippen LogP contribution in [0.4, 0.5) is 0 Å². The van der Waals surface area contributed by atoms with Gasteiger partial charge in [-0.05, 0) is 50.3 Å². The molecule has 0 radical (unpaired) electrons. The van der Waals surface area contributed by atoms with Gasteiger partial charge in [0.1, 0.15) is 0 Å². The fourth-order valence-corrected chi connectivity index (χ4v) is 2.86. The summed E-state index contributed by atoms with van der Waals surface area (Å²) in [7, 11) is 0.710. The second-order valence-electron chi connectivity index (χ2n) is 4.48. The van der Waals surface area contributed by atoms with Crippen LogP contribution in [0.3, 0.4) is 0 Å². The molecule has 1 aromatic rings. The van der Waals surface area contributed by atoms with Gasteiger partial charge in [0.25, 0.3) is 0 Å². The standard InChI is InChI=1S/C11H20N2O2S2/c1-9(2)17(14,15)12-7-11(13(3)4)10-5-6-16-8-10/h5-6,8-9,11-12H,7H2,1-4H3. The minimum absolute atomic E-state index is 0.0785. The number of hydrogen-bond acceptors (Lipinski definition) is 4. The summed E-state index contributed by atoms with van der Waals surface area (Å²) in [4.78, 5) is 2.02. The summed E-state index contributed by atoms with van der Waals surface area (Å²) in [5.74, 6) is 0. The van der Waals surface area contributed by atoms with E-state index in [0.717, 1.165) is 5.56 Å². The number of sulfonamides is 1. The summed E-state index contributed by atoms with van der Waals surface area (Å²) in [5.41, 5.74) is 1.14. The molecule has 0 aliphatic heterocycles. The summed E-state index contributed by atoms with van der Waals surface area (Å²) in [6, 6.07) is 2.11. The molecule has 1 aromatic heterocycles. The van der Waals surface area contributed by atoms with Gasteiger partial charge in [-0.2, -0.15) is 11.3 Å². The molecule has 1 rings (SSSR count). The van der Waals surface area contributed by atoms with Crippen molar-refractivity contribution in [3.05, 3.63) is 22.4 Å². The lowest BCUT2D eigenvalue weighted by atomic mass is 10.1. The number of rotatable bonds is 6. The highest BCUT2D eigenvalue weighted by Gasteiger charge is 2.20. The van der Waals surface area contributed by atoms with Gasteiger partial charge in [0.05, 0.1) is 5.25 Å². The molecular weight excluding hydrogens is 256 g/mol. The lowest BCUT2D eigenvalue weighted by molar-refractivity contribution is 0.300. The summed E-state index contributed by atoms with van der Waals surface area (Å²) >= 11 is 1.62. The molecule has 0 amide bonds. The second-order valence-corrected chi connectivity index (χ2v) is 7.58. The lowest BCUT2D eigenvalue weighted by Gasteiger charge is -2.24. The zero-order valence-corrected chi connectivity index (χ0v) is 12.3. The van der Waals surface area contributed by atoms with Crippen LogP contribution < -0.4 is 4.72 Å². The van der Waals surface area contributed by atoms with Gasteiger partial charge in [-0.1, -0.05) is 0 Å². The Labute approximate surface area is 108 Å². The Hall–Kier alpha value is -0.430. The quantitative estimate of drug-likeness (QED) is 0.860. The first-order valence-electron chi connectivity index (χ1n) is 5.51. The molecule has 4 nitrogen and oxygen atoms in total. The van der Waals surface area contributed by atoms with Gasteiger partial charge >= 0.3 is 0 Å². The molecule has 0 aliphatic carbocycles. The van der Waals surface area contributed by atoms with Crippen molar-refractivity contribution in [2.24, 2.45) is 0 Å². The predicted octanol–water partition coefficient (Wildman–Crippen LogP) is 1.68. The average Bonchev–Trinajstić information content (AvgIpc) is 2.70. The Bertz CT molecular complexity index is 424. The van der Waals surface area contributed by atoms with E-state index in [0.29, 0.717) is 6.54 Å². The molecule has 1 atom stereocenters. The molecule has 0 aliphatic rings. The minimum atomic E-state index is -3.19. The molecule has 1 unspecified atom stereocenters. The van der Waals surface area contributed by atoms with Crippen LogP contribution in [0.5, 0.6) is 0 Å². The SMILES string of the molecule is CC(C)S(=O)(=O)NCC(c1ccsc1)N(C)C. The van der Waals surface area contributed by atoms with Crippen LogP contribution in [0.2, 0.25) is 0 Å². The molecule has 1 N–H and O–H groups in total. The van der Waals surface area contributed by atoms with Crippen LogP contribution >= 0.6 is 11.3 Å². The molecule has 1 heterocycles. The lowest BCUT2D eigenvalue weighted by Crippen LogP contribution is -2.37. The molecule has 0 saturated carbocycles.